The fourth-order valence-corrected chi connectivity index (χ4v) is 3.49. The molecule has 0 aromatic heterocycles. The Morgan fingerprint density at radius 3 is 2.53 bits per heavy atom. The molecular formula is C21H25N3O6. The molecule has 1 fully saturated rings. The zero-order valence-electron chi connectivity index (χ0n) is 17.2. The fourth-order valence-electron chi connectivity index (χ4n) is 3.49. The van der Waals surface area contributed by atoms with Crippen molar-refractivity contribution >= 4 is 29.6 Å². The number of hydrogen-bond donors (Lipinski definition) is 2. The Labute approximate surface area is 174 Å². The van der Waals surface area contributed by atoms with Gasteiger partial charge in [-0.1, -0.05) is 17.7 Å². The average molecular weight is 415 g/mol. The van der Waals surface area contributed by atoms with Crippen LogP contribution < -0.4 is 15.5 Å². The van der Waals surface area contributed by atoms with Gasteiger partial charge in [0.1, 0.15) is 6.61 Å². The molecular weight excluding hydrogens is 390 g/mol. The number of ether oxygens (including phenoxy) is 2. The Morgan fingerprint density at radius 2 is 1.87 bits per heavy atom. The summed E-state index contributed by atoms with van der Waals surface area (Å²) < 4.78 is 10.4. The molecule has 3 amide bonds. The third kappa shape index (κ3) is 4.61. The maximum atomic E-state index is 12.6. The van der Waals surface area contributed by atoms with Crippen LogP contribution in [0.3, 0.4) is 0 Å². The van der Waals surface area contributed by atoms with Crippen LogP contribution in [0.15, 0.2) is 35.5 Å². The van der Waals surface area contributed by atoms with Crippen molar-refractivity contribution in [2.45, 2.75) is 33.2 Å². The van der Waals surface area contributed by atoms with Gasteiger partial charge in [0.25, 0.3) is 0 Å². The van der Waals surface area contributed by atoms with E-state index in [4.69, 9.17) is 9.47 Å². The van der Waals surface area contributed by atoms with Crippen molar-refractivity contribution in [3.63, 3.8) is 0 Å². The van der Waals surface area contributed by atoms with Crippen molar-refractivity contribution < 1.29 is 28.7 Å². The summed E-state index contributed by atoms with van der Waals surface area (Å²) in [6, 6.07) is 6.39. The lowest BCUT2D eigenvalue weighted by atomic mass is 10.0. The normalized spacial score (nSPS) is 21.2. The SMILES string of the molecule is CCOC(=O)C1=C(COC(=O)C2CC(=O)N(c3ccc(C)cc3)C2)NC(=O)NC1C. The maximum Gasteiger partial charge on any atom is 0.338 e. The van der Waals surface area contributed by atoms with E-state index < -0.39 is 29.9 Å². The minimum absolute atomic E-state index is 0.0425. The van der Waals surface area contributed by atoms with Crippen LogP contribution >= 0.6 is 0 Å². The summed E-state index contributed by atoms with van der Waals surface area (Å²) in [5, 5.41) is 5.08. The minimum Gasteiger partial charge on any atom is -0.463 e. The monoisotopic (exact) mass is 415 g/mol. The van der Waals surface area contributed by atoms with Gasteiger partial charge in [0.05, 0.1) is 29.8 Å². The van der Waals surface area contributed by atoms with Crippen LogP contribution in [0.5, 0.6) is 0 Å². The summed E-state index contributed by atoms with van der Waals surface area (Å²) in [5.41, 5.74) is 2.18. The van der Waals surface area contributed by atoms with Gasteiger partial charge in [0.15, 0.2) is 0 Å². The van der Waals surface area contributed by atoms with Gasteiger partial charge in [0, 0.05) is 18.7 Å². The van der Waals surface area contributed by atoms with Gasteiger partial charge >= 0.3 is 18.0 Å². The molecule has 9 nitrogen and oxygen atoms in total. The van der Waals surface area contributed by atoms with Gasteiger partial charge in [-0.15, -0.1) is 0 Å². The van der Waals surface area contributed by atoms with Gasteiger partial charge in [-0.05, 0) is 32.9 Å². The van der Waals surface area contributed by atoms with Gasteiger partial charge in [-0.25, -0.2) is 9.59 Å². The number of esters is 2. The third-order valence-electron chi connectivity index (χ3n) is 5.03. The molecule has 0 saturated carbocycles. The first-order chi connectivity index (χ1) is 14.3. The molecule has 2 atom stereocenters. The van der Waals surface area contributed by atoms with Crippen LogP contribution in [-0.2, 0) is 23.9 Å². The molecule has 1 aromatic rings. The summed E-state index contributed by atoms with van der Waals surface area (Å²) in [5.74, 6) is -1.93. The molecule has 30 heavy (non-hydrogen) atoms. The van der Waals surface area contributed by atoms with E-state index in [1.807, 2.05) is 31.2 Å². The van der Waals surface area contributed by atoms with Crippen LogP contribution in [0, 0.1) is 12.8 Å². The topological polar surface area (TPSA) is 114 Å². The van der Waals surface area contributed by atoms with E-state index in [1.54, 1.807) is 18.7 Å². The molecule has 2 N–H and O–H groups in total. The molecule has 3 rings (SSSR count). The highest BCUT2D eigenvalue weighted by molar-refractivity contribution is 5.99. The van der Waals surface area contributed by atoms with E-state index in [1.165, 1.54) is 0 Å². The van der Waals surface area contributed by atoms with Gasteiger partial charge < -0.3 is 25.0 Å². The summed E-state index contributed by atoms with van der Waals surface area (Å²) in [4.78, 5) is 50.5. The second-order valence-electron chi connectivity index (χ2n) is 7.28. The van der Waals surface area contributed by atoms with Crippen molar-refractivity contribution in [1.82, 2.24) is 10.6 Å². The lowest BCUT2D eigenvalue weighted by Crippen LogP contribution is -2.50. The molecule has 2 aliphatic rings. The molecule has 1 saturated heterocycles. The Bertz CT molecular complexity index is 893. The Hall–Kier alpha value is -3.36. The highest BCUT2D eigenvalue weighted by Crippen LogP contribution is 2.26. The maximum absolute atomic E-state index is 12.6. The smallest absolute Gasteiger partial charge is 0.338 e. The number of nitrogens with one attached hydrogen (secondary N) is 2. The zero-order valence-corrected chi connectivity index (χ0v) is 17.2. The van der Waals surface area contributed by atoms with E-state index in [0.717, 1.165) is 11.3 Å². The molecule has 0 aliphatic carbocycles. The first kappa shape index (κ1) is 21.4. The molecule has 160 valence electrons. The highest BCUT2D eigenvalue weighted by Gasteiger charge is 2.37. The Balaban J connectivity index is 1.67. The number of carbonyl (C=O) groups excluding carboxylic acids is 4. The number of urea groups is 1. The van der Waals surface area contributed by atoms with E-state index in [0.29, 0.717) is 0 Å². The third-order valence-corrected chi connectivity index (χ3v) is 5.03. The number of carbonyl (C=O) groups is 4. The number of benzene rings is 1. The van der Waals surface area contributed by atoms with Gasteiger partial charge in [-0.3, -0.25) is 9.59 Å². The lowest BCUT2D eigenvalue weighted by molar-refractivity contribution is -0.147. The largest absolute Gasteiger partial charge is 0.463 e. The highest BCUT2D eigenvalue weighted by atomic mass is 16.5. The minimum atomic E-state index is -0.625. The van der Waals surface area contributed by atoms with Gasteiger partial charge in [-0.2, -0.15) is 0 Å². The van der Waals surface area contributed by atoms with Crippen molar-refractivity contribution in [3.8, 4) is 0 Å². The number of anilines is 1. The van der Waals surface area contributed by atoms with Crippen molar-refractivity contribution in [2.24, 2.45) is 5.92 Å². The van der Waals surface area contributed by atoms with E-state index >= 15 is 0 Å². The molecule has 0 radical (unpaired) electrons. The Kier molecular flexibility index (Phi) is 6.39. The molecule has 0 spiro atoms. The molecule has 1 aromatic carbocycles. The molecule has 2 aliphatic heterocycles. The molecule has 0 bridgehead atoms. The summed E-state index contributed by atoms with van der Waals surface area (Å²) in [6.07, 6.45) is 0.0425. The number of hydrogen-bond acceptors (Lipinski definition) is 6. The molecule has 2 heterocycles. The van der Waals surface area contributed by atoms with Crippen molar-refractivity contribution in [1.29, 1.82) is 0 Å². The summed E-state index contributed by atoms with van der Waals surface area (Å²) in [6.45, 7) is 5.37. The van der Waals surface area contributed by atoms with Crippen LogP contribution in [0.25, 0.3) is 0 Å². The van der Waals surface area contributed by atoms with Crippen LogP contribution in [0.2, 0.25) is 0 Å². The molecule has 9 heteroatoms. The second-order valence-corrected chi connectivity index (χ2v) is 7.28. The van der Waals surface area contributed by atoms with E-state index in [2.05, 4.69) is 10.6 Å². The lowest BCUT2D eigenvalue weighted by Gasteiger charge is -2.26. The number of aryl methyl sites for hydroxylation is 1. The van der Waals surface area contributed by atoms with Crippen LogP contribution in [0.4, 0.5) is 10.5 Å². The zero-order chi connectivity index (χ0) is 21.8. The summed E-state index contributed by atoms with van der Waals surface area (Å²) in [7, 11) is 0. The second kappa shape index (κ2) is 8.98. The predicted octanol–water partition coefficient (Wildman–Crippen LogP) is 1.41. The summed E-state index contributed by atoms with van der Waals surface area (Å²) >= 11 is 0. The average Bonchev–Trinajstić information content (AvgIpc) is 3.08. The first-order valence-corrected chi connectivity index (χ1v) is 9.81. The van der Waals surface area contributed by atoms with Gasteiger partial charge in [0.2, 0.25) is 5.91 Å². The van der Waals surface area contributed by atoms with Crippen molar-refractivity contribution in [2.75, 3.05) is 24.7 Å². The number of amides is 3. The number of rotatable bonds is 6. The quantitative estimate of drug-likeness (QED) is 0.679. The first-order valence-electron chi connectivity index (χ1n) is 9.81. The Morgan fingerprint density at radius 1 is 1.17 bits per heavy atom. The predicted molar refractivity (Wildman–Crippen MR) is 107 cm³/mol. The molecule has 2 unspecified atom stereocenters. The fraction of sp³-hybridized carbons (Fsp3) is 0.429. The van der Waals surface area contributed by atoms with Crippen LogP contribution in [-0.4, -0.2) is 49.7 Å². The van der Waals surface area contributed by atoms with Crippen LogP contribution in [0.1, 0.15) is 25.8 Å². The van der Waals surface area contributed by atoms with E-state index in [9.17, 15) is 19.2 Å². The van der Waals surface area contributed by atoms with Crippen molar-refractivity contribution in [3.05, 3.63) is 41.1 Å². The van der Waals surface area contributed by atoms with E-state index in [-0.39, 0.29) is 43.4 Å². The number of nitrogens with zero attached hydrogens (tertiary/aromatic N) is 1. The standard InChI is InChI=1S/C21H25N3O6/c1-4-29-20(27)18-13(3)22-21(28)23-16(18)11-30-19(26)14-9-17(25)24(10-14)15-7-5-12(2)6-8-15/h5-8,13-14H,4,9-11H2,1-3H3,(H2,22,23,28).